The van der Waals surface area contributed by atoms with Crippen molar-refractivity contribution in [1.29, 1.82) is 0 Å². The fraction of sp³-hybridized carbons (Fsp3) is 0.455. The summed E-state index contributed by atoms with van der Waals surface area (Å²) in [6, 6.07) is 1.71. The molecule has 0 aliphatic carbocycles. The third-order valence-corrected chi connectivity index (χ3v) is 1.88. The average Bonchev–Trinajstić information content (AvgIpc) is 1.99. The van der Waals surface area contributed by atoms with Crippen molar-refractivity contribution in [3.63, 3.8) is 0 Å². The number of nitrogens with one attached hydrogen (secondary N) is 2. The highest BCUT2D eigenvalue weighted by Gasteiger charge is 2.19. The largest absolute Gasteiger partial charge is 0.347 e. The second-order valence-corrected chi connectivity index (χ2v) is 4.57. The Bertz CT molecular complexity index is 427. The van der Waals surface area contributed by atoms with Crippen LogP contribution in [0, 0.1) is 6.92 Å². The summed E-state index contributed by atoms with van der Waals surface area (Å²) in [5.41, 5.74) is 0.177. The Morgan fingerprint density at radius 1 is 1.40 bits per heavy atom. The van der Waals surface area contributed by atoms with Crippen LogP contribution in [0.25, 0.3) is 0 Å². The molecule has 0 aliphatic heterocycles. The minimum Gasteiger partial charge on any atom is -0.347 e. The first-order valence-electron chi connectivity index (χ1n) is 4.82. The first kappa shape index (κ1) is 11.5. The van der Waals surface area contributed by atoms with Crippen LogP contribution in [0.15, 0.2) is 17.1 Å². The van der Waals surface area contributed by atoms with Crippen molar-refractivity contribution in [2.45, 2.75) is 33.2 Å². The number of hydrogen-bond acceptors (Lipinski definition) is 2. The minimum absolute atomic E-state index is 0.187. The minimum atomic E-state index is -0.350. The van der Waals surface area contributed by atoms with Crippen molar-refractivity contribution < 1.29 is 4.79 Å². The molecule has 0 fully saturated rings. The maximum Gasteiger partial charge on any atom is 0.261 e. The van der Waals surface area contributed by atoms with E-state index in [1.165, 1.54) is 6.20 Å². The van der Waals surface area contributed by atoms with E-state index in [4.69, 9.17) is 0 Å². The number of aryl methyl sites for hydroxylation is 1. The maximum atomic E-state index is 11.8. The van der Waals surface area contributed by atoms with Gasteiger partial charge in [-0.2, -0.15) is 0 Å². The standard InChI is InChI=1S/C11H16N2O2/c1-7-5-6-12-9(14)8(7)10(15)13-11(2,3)4/h5-6H,1-4H3,(H,12,14)(H,13,15). The smallest absolute Gasteiger partial charge is 0.261 e. The van der Waals surface area contributed by atoms with Crippen molar-refractivity contribution in [3.05, 3.63) is 33.7 Å². The fourth-order valence-corrected chi connectivity index (χ4v) is 1.26. The van der Waals surface area contributed by atoms with E-state index >= 15 is 0 Å². The lowest BCUT2D eigenvalue weighted by atomic mass is 10.1. The third kappa shape index (κ3) is 2.94. The zero-order valence-electron chi connectivity index (χ0n) is 9.47. The molecule has 0 spiro atoms. The van der Waals surface area contributed by atoms with E-state index in [-0.39, 0.29) is 22.6 Å². The Morgan fingerprint density at radius 2 is 2.00 bits per heavy atom. The van der Waals surface area contributed by atoms with E-state index in [0.717, 1.165) is 0 Å². The van der Waals surface area contributed by atoms with E-state index in [1.807, 2.05) is 20.8 Å². The van der Waals surface area contributed by atoms with Crippen LogP contribution >= 0.6 is 0 Å². The van der Waals surface area contributed by atoms with E-state index in [9.17, 15) is 9.59 Å². The summed E-state index contributed by atoms with van der Waals surface area (Å²) < 4.78 is 0. The number of hydrogen-bond donors (Lipinski definition) is 2. The number of aromatic nitrogens is 1. The Labute approximate surface area is 88.7 Å². The van der Waals surface area contributed by atoms with Gasteiger partial charge in [0.15, 0.2) is 0 Å². The van der Waals surface area contributed by atoms with Gasteiger partial charge >= 0.3 is 0 Å². The molecule has 4 nitrogen and oxygen atoms in total. The van der Waals surface area contributed by atoms with E-state index in [1.54, 1.807) is 13.0 Å². The third-order valence-electron chi connectivity index (χ3n) is 1.88. The van der Waals surface area contributed by atoms with Crippen LogP contribution in [0.1, 0.15) is 36.7 Å². The molecule has 0 saturated carbocycles. The van der Waals surface area contributed by atoms with Crippen molar-refractivity contribution >= 4 is 5.91 Å². The maximum absolute atomic E-state index is 11.8. The molecule has 1 aromatic heterocycles. The van der Waals surface area contributed by atoms with Gasteiger partial charge in [-0.25, -0.2) is 0 Å². The molecular formula is C11H16N2O2. The van der Waals surface area contributed by atoms with E-state index in [0.29, 0.717) is 5.56 Å². The quantitative estimate of drug-likeness (QED) is 0.728. The Balaban J connectivity index is 3.07. The topological polar surface area (TPSA) is 62.0 Å². The molecule has 15 heavy (non-hydrogen) atoms. The van der Waals surface area contributed by atoms with Crippen LogP contribution in [0.2, 0.25) is 0 Å². The molecular weight excluding hydrogens is 192 g/mol. The number of H-pyrrole nitrogens is 1. The predicted molar refractivity (Wildman–Crippen MR) is 59.0 cm³/mol. The molecule has 82 valence electrons. The number of aromatic amines is 1. The van der Waals surface area contributed by atoms with E-state index < -0.39 is 0 Å². The molecule has 0 saturated heterocycles. The zero-order valence-corrected chi connectivity index (χ0v) is 9.47. The molecule has 1 rings (SSSR count). The lowest BCUT2D eigenvalue weighted by Gasteiger charge is -2.20. The van der Waals surface area contributed by atoms with Crippen LogP contribution in [0.5, 0.6) is 0 Å². The van der Waals surface area contributed by atoms with Gasteiger partial charge in [0, 0.05) is 11.7 Å². The van der Waals surface area contributed by atoms with Crippen molar-refractivity contribution in [1.82, 2.24) is 10.3 Å². The highest BCUT2D eigenvalue weighted by molar-refractivity contribution is 5.95. The Morgan fingerprint density at radius 3 is 2.47 bits per heavy atom. The summed E-state index contributed by atoms with van der Waals surface area (Å²) in [5, 5.41) is 2.76. The van der Waals surface area contributed by atoms with Gasteiger partial charge in [0.25, 0.3) is 11.5 Å². The number of pyridine rings is 1. The highest BCUT2D eigenvalue weighted by Crippen LogP contribution is 2.04. The molecule has 0 bridgehead atoms. The SMILES string of the molecule is Cc1cc[nH]c(=O)c1C(=O)NC(C)(C)C. The normalized spacial score (nSPS) is 11.2. The van der Waals surface area contributed by atoms with Crippen LogP contribution in [-0.4, -0.2) is 16.4 Å². The van der Waals surface area contributed by atoms with Gasteiger partial charge < -0.3 is 10.3 Å². The number of amides is 1. The number of carbonyl (C=O) groups excluding carboxylic acids is 1. The summed E-state index contributed by atoms with van der Waals surface area (Å²) in [4.78, 5) is 25.7. The first-order chi connectivity index (χ1) is 6.81. The Kier molecular flexibility index (Phi) is 2.98. The summed E-state index contributed by atoms with van der Waals surface area (Å²) in [6.07, 6.45) is 1.53. The van der Waals surface area contributed by atoms with Gasteiger partial charge in [0.05, 0.1) is 0 Å². The molecule has 1 heterocycles. The van der Waals surface area contributed by atoms with Gasteiger partial charge in [-0.05, 0) is 39.3 Å². The predicted octanol–water partition coefficient (Wildman–Crippen LogP) is 1.21. The highest BCUT2D eigenvalue weighted by atomic mass is 16.2. The molecule has 2 N–H and O–H groups in total. The van der Waals surface area contributed by atoms with Crippen molar-refractivity contribution in [3.8, 4) is 0 Å². The lowest BCUT2D eigenvalue weighted by molar-refractivity contribution is 0.0917. The molecule has 0 atom stereocenters. The summed E-state index contributed by atoms with van der Waals surface area (Å²) in [5.74, 6) is -0.332. The average molecular weight is 208 g/mol. The summed E-state index contributed by atoms with van der Waals surface area (Å²) in [7, 11) is 0. The van der Waals surface area contributed by atoms with Crippen LogP contribution in [-0.2, 0) is 0 Å². The van der Waals surface area contributed by atoms with Crippen LogP contribution < -0.4 is 10.9 Å². The zero-order chi connectivity index (χ0) is 11.6. The Hall–Kier alpha value is -1.58. The lowest BCUT2D eigenvalue weighted by Crippen LogP contribution is -2.42. The second-order valence-electron chi connectivity index (χ2n) is 4.57. The molecule has 1 amide bonds. The van der Waals surface area contributed by atoms with Gasteiger partial charge in [-0.3, -0.25) is 9.59 Å². The molecule has 0 unspecified atom stereocenters. The van der Waals surface area contributed by atoms with Gasteiger partial charge in [0.2, 0.25) is 0 Å². The van der Waals surface area contributed by atoms with Gasteiger partial charge in [-0.1, -0.05) is 0 Å². The fourth-order valence-electron chi connectivity index (χ4n) is 1.26. The van der Waals surface area contributed by atoms with Crippen LogP contribution in [0.4, 0.5) is 0 Å². The molecule has 1 aromatic rings. The van der Waals surface area contributed by atoms with Gasteiger partial charge in [-0.15, -0.1) is 0 Å². The molecule has 0 aromatic carbocycles. The van der Waals surface area contributed by atoms with Crippen molar-refractivity contribution in [2.75, 3.05) is 0 Å². The monoisotopic (exact) mass is 208 g/mol. The second kappa shape index (κ2) is 3.88. The molecule has 0 aliphatic rings. The van der Waals surface area contributed by atoms with E-state index in [2.05, 4.69) is 10.3 Å². The molecule has 4 heteroatoms. The summed E-state index contributed by atoms with van der Waals surface area (Å²) >= 11 is 0. The van der Waals surface area contributed by atoms with Crippen molar-refractivity contribution in [2.24, 2.45) is 0 Å². The molecule has 0 radical (unpaired) electrons. The number of carbonyl (C=O) groups is 1. The first-order valence-corrected chi connectivity index (χ1v) is 4.82. The summed E-state index contributed by atoms with van der Waals surface area (Å²) in [6.45, 7) is 7.36. The van der Waals surface area contributed by atoms with Gasteiger partial charge in [0.1, 0.15) is 5.56 Å². The number of rotatable bonds is 1. The van der Waals surface area contributed by atoms with Crippen LogP contribution in [0.3, 0.4) is 0 Å².